The van der Waals surface area contributed by atoms with Crippen LogP contribution in [0.3, 0.4) is 0 Å². The van der Waals surface area contributed by atoms with Crippen molar-refractivity contribution < 1.29 is 27.4 Å². The van der Waals surface area contributed by atoms with Crippen molar-refractivity contribution in [2.24, 2.45) is 0 Å². The summed E-state index contributed by atoms with van der Waals surface area (Å²) in [5.74, 6) is 0. The highest BCUT2D eigenvalue weighted by atomic mass is 32.3. The molecule has 0 bridgehead atoms. The molecule has 1 saturated heterocycles. The number of morpholine rings is 1. The minimum Gasteiger partial charge on any atom is -0.392 e. The van der Waals surface area contributed by atoms with Gasteiger partial charge in [0.15, 0.2) is 0 Å². The van der Waals surface area contributed by atoms with Crippen LogP contribution in [-0.4, -0.2) is 66.5 Å². The molecule has 0 radical (unpaired) electrons. The Labute approximate surface area is 89.2 Å². The number of hydrogen-bond acceptors (Lipinski definition) is 5. The van der Waals surface area contributed by atoms with Crippen molar-refractivity contribution in [2.45, 2.75) is 13.0 Å². The van der Waals surface area contributed by atoms with Gasteiger partial charge in [-0.25, -0.2) is 0 Å². The van der Waals surface area contributed by atoms with Gasteiger partial charge in [0.1, 0.15) is 0 Å². The van der Waals surface area contributed by atoms with E-state index in [0.717, 1.165) is 32.8 Å². The minimum atomic E-state index is -4.67. The molecule has 0 amide bonds. The maximum Gasteiger partial charge on any atom is 0.394 e. The Morgan fingerprint density at radius 1 is 1.33 bits per heavy atom. The first-order valence-corrected chi connectivity index (χ1v) is 5.87. The van der Waals surface area contributed by atoms with E-state index in [2.05, 4.69) is 4.90 Å². The Bertz CT molecular complexity index is 238. The molecular weight excluding hydrogens is 226 g/mol. The predicted molar refractivity (Wildman–Crippen MR) is 53.1 cm³/mol. The first kappa shape index (κ1) is 14.8. The Balaban J connectivity index is 0.000000336. The zero-order valence-electron chi connectivity index (χ0n) is 8.53. The second-order valence-electron chi connectivity index (χ2n) is 3.21. The molecule has 1 atom stereocenters. The van der Waals surface area contributed by atoms with Crippen molar-refractivity contribution in [3.05, 3.63) is 0 Å². The van der Waals surface area contributed by atoms with E-state index < -0.39 is 10.4 Å². The molecule has 15 heavy (non-hydrogen) atoms. The van der Waals surface area contributed by atoms with E-state index in [4.69, 9.17) is 27.4 Å². The molecule has 7 nitrogen and oxygen atoms in total. The average Bonchev–Trinajstić information content (AvgIpc) is 2.01. The summed E-state index contributed by atoms with van der Waals surface area (Å²) < 4.78 is 36.7. The maximum atomic E-state index is 9.02. The van der Waals surface area contributed by atoms with E-state index in [1.54, 1.807) is 0 Å². The Hall–Kier alpha value is -0.250. The Morgan fingerprint density at radius 3 is 2.07 bits per heavy atom. The van der Waals surface area contributed by atoms with Crippen molar-refractivity contribution in [3.63, 3.8) is 0 Å². The molecule has 1 unspecified atom stereocenters. The highest BCUT2D eigenvalue weighted by molar-refractivity contribution is 7.79. The molecule has 1 rings (SSSR count). The molecule has 8 heteroatoms. The van der Waals surface area contributed by atoms with Crippen LogP contribution in [0.15, 0.2) is 0 Å². The third kappa shape index (κ3) is 13.8. The largest absolute Gasteiger partial charge is 0.394 e. The molecule has 0 aromatic heterocycles. The van der Waals surface area contributed by atoms with Crippen molar-refractivity contribution in [3.8, 4) is 0 Å². The van der Waals surface area contributed by atoms with Crippen LogP contribution in [0.2, 0.25) is 0 Å². The summed E-state index contributed by atoms with van der Waals surface area (Å²) in [6, 6.07) is 0. The second kappa shape index (κ2) is 7.09. The molecule has 3 N–H and O–H groups in total. The lowest BCUT2D eigenvalue weighted by molar-refractivity contribution is 0.0181. The summed E-state index contributed by atoms with van der Waals surface area (Å²) in [6.45, 7) is 6.15. The van der Waals surface area contributed by atoms with E-state index in [0.29, 0.717) is 0 Å². The molecule has 0 aliphatic carbocycles. The highest BCUT2D eigenvalue weighted by Crippen LogP contribution is 1.97. The quantitative estimate of drug-likeness (QED) is 0.536. The van der Waals surface area contributed by atoms with Gasteiger partial charge in [0.25, 0.3) is 0 Å². The Morgan fingerprint density at radius 2 is 1.73 bits per heavy atom. The number of rotatable bonds is 2. The zero-order chi connectivity index (χ0) is 11.9. The van der Waals surface area contributed by atoms with Crippen LogP contribution in [0.5, 0.6) is 0 Å². The number of β-amino-alcohol motifs (C(OH)–C–C–N with tert-alkyl or cyclic N) is 1. The van der Waals surface area contributed by atoms with Gasteiger partial charge in [-0.05, 0) is 6.92 Å². The van der Waals surface area contributed by atoms with Crippen molar-refractivity contribution in [2.75, 3.05) is 32.8 Å². The summed E-state index contributed by atoms with van der Waals surface area (Å²) in [6.07, 6.45) is -0.210. The van der Waals surface area contributed by atoms with Crippen LogP contribution in [-0.2, 0) is 15.1 Å². The number of aliphatic hydroxyl groups is 1. The summed E-state index contributed by atoms with van der Waals surface area (Å²) >= 11 is 0. The first-order valence-electron chi connectivity index (χ1n) is 4.47. The van der Waals surface area contributed by atoms with Crippen molar-refractivity contribution in [1.29, 1.82) is 0 Å². The third-order valence-electron chi connectivity index (χ3n) is 1.63. The van der Waals surface area contributed by atoms with E-state index in [9.17, 15) is 0 Å². The van der Waals surface area contributed by atoms with Crippen LogP contribution < -0.4 is 0 Å². The SMILES string of the molecule is CC(O)CN1CCOCC1.O=S(=O)(O)O. The number of hydrogen-bond donors (Lipinski definition) is 3. The van der Waals surface area contributed by atoms with Crippen LogP contribution in [0.4, 0.5) is 0 Å². The fourth-order valence-electron chi connectivity index (χ4n) is 1.16. The van der Waals surface area contributed by atoms with Gasteiger partial charge in [-0.15, -0.1) is 0 Å². The predicted octanol–water partition coefficient (Wildman–Crippen LogP) is -0.953. The van der Waals surface area contributed by atoms with Gasteiger partial charge in [0.05, 0.1) is 19.3 Å². The van der Waals surface area contributed by atoms with Gasteiger partial charge in [-0.3, -0.25) is 14.0 Å². The fourth-order valence-corrected chi connectivity index (χ4v) is 1.16. The average molecular weight is 243 g/mol. The monoisotopic (exact) mass is 243 g/mol. The normalized spacial score (nSPS) is 20.3. The van der Waals surface area contributed by atoms with E-state index in [1.165, 1.54) is 0 Å². The molecular formula is C7H17NO6S. The summed E-state index contributed by atoms with van der Waals surface area (Å²) in [7, 11) is -4.67. The van der Waals surface area contributed by atoms with Crippen molar-refractivity contribution in [1.82, 2.24) is 4.90 Å². The number of ether oxygens (including phenoxy) is 1. The first-order chi connectivity index (χ1) is 6.79. The lowest BCUT2D eigenvalue weighted by Gasteiger charge is -2.27. The second-order valence-corrected chi connectivity index (χ2v) is 4.11. The molecule has 0 aromatic carbocycles. The van der Waals surface area contributed by atoms with Crippen LogP contribution in [0, 0.1) is 0 Å². The molecule has 0 aromatic rings. The molecule has 1 aliphatic heterocycles. The van der Waals surface area contributed by atoms with Gasteiger partial charge in [-0.1, -0.05) is 0 Å². The summed E-state index contributed by atoms with van der Waals surface area (Å²) in [5, 5.41) is 9.02. The van der Waals surface area contributed by atoms with Gasteiger partial charge in [0, 0.05) is 19.6 Å². The molecule has 0 saturated carbocycles. The molecule has 92 valence electrons. The number of nitrogens with zero attached hydrogens (tertiary/aromatic N) is 1. The van der Waals surface area contributed by atoms with E-state index in [1.807, 2.05) is 6.92 Å². The van der Waals surface area contributed by atoms with Crippen molar-refractivity contribution >= 4 is 10.4 Å². The third-order valence-corrected chi connectivity index (χ3v) is 1.63. The number of aliphatic hydroxyl groups excluding tert-OH is 1. The van der Waals surface area contributed by atoms with Gasteiger partial charge < -0.3 is 9.84 Å². The van der Waals surface area contributed by atoms with Gasteiger partial charge in [-0.2, -0.15) is 8.42 Å². The molecule has 1 heterocycles. The van der Waals surface area contributed by atoms with E-state index in [-0.39, 0.29) is 6.10 Å². The van der Waals surface area contributed by atoms with E-state index >= 15 is 0 Å². The lowest BCUT2D eigenvalue weighted by Crippen LogP contribution is -2.40. The summed E-state index contributed by atoms with van der Waals surface area (Å²) in [5.41, 5.74) is 0. The topological polar surface area (TPSA) is 107 Å². The molecule has 0 spiro atoms. The zero-order valence-corrected chi connectivity index (χ0v) is 9.35. The van der Waals surface area contributed by atoms with Gasteiger partial charge in [0.2, 0.25) is 0 Å². The Kier molecular flexibility index (Phi) is 6.98. The van der Waals surface area contributed by atoms with Crippen LogP contribution in [0.25, 0.3) is 0 Å². The fraction of sp³-hybridized carbons (Fsp3) is 1.00. The highest BCUT2D eigenvalue weighted by Gasteiger charge is 2.11. The van der Waals surface area contributed by atoms with Crippen LogP contribution >= 0.6 is 0 Å². The maximum absolute atomic E-state index is 9.02. The smallest absolute Gasteiger partial charge is 0.392 e. The molecule has 1 aliphatic rings. The minimum absolute atomic E-state index is 0.210. The molecule has 1 fully saturated rings. The van der Waals surface area contributed by atoms with Gasteiger partial charge >= 0.3 is 10.4 Å². The summed E-state index contributed by atoms with van der Waals surface area (Å²) in [4.78, 5) is 2.22. The lowest BCUT2D eigenvalue weighted by atomic mass is 10.3. The van der Waals surface area contributed by atoms with Crippen LogP contribution in [0.1, 0.15) is 6.92 Å². The standard InChI is InChI=1S/C7H15NO2.H2O4S/c1-7(9)6-8-2-4-10-5-3-8;1-5(2,3)4/h7,9H,2-6H2,1H3;(H2,1,2,3,4).